The van der Waals surface area contributed by atoms with Crippen LogP contribution in [-0.4, -0.2) is 29.3 Å². The van der Waals surface area contributed by atoms with Gasteiger partial charge in [0.25, 0.3) is 0 Å². The van der Waals surface area contributed by atoms with Crippen molar-refractivity contribution in [3.63, 3.8) is 0 Å². The average Bonchev–Trinajstić information content (AvgIpc) is 2.99. The van der Waals surface area contributed by atoms with E-state index in [0.29, 0.717) is 13.2 Å². The lowest BCUT2D eigenvalue weighted by atomic mass is 10.2. The van der Waals surface area contributed by atoms with E-state index in [0.717, 1.165) is 23.6 Å². The molecule has 1 heterocycles. The normalized spacial score (nSPS) is 12.3. The second-order valence-electron chi connectivity index (χ2n) is 4.56. The minimum Gasteiger partial charge on any atom is -0.491 e. The van der Waals surface area contributed by atoms with Gasteiger partial charge in [-0.15, -0.1) is 11.3 Å². The summed E-state index contributed by atoms with van der Waals surface area (Å²) in [4.78, 5) is 5.16. The molecule has 0 saturated carbocycles. The number of rotatable bonds is 8. The Hall–Kier alpha value is -1.43. The summed E-state index contributed by atoms with van der Waals surface area (Å²) in [5.41, 5.74) is 3.08. The maximum atomic E-state index is 9.84. The van der Waals surface area contributed by atoms with Crippen LogP contribution in [0.1, 0.15) is 17.4 Å². The van der Waals surface area contributed by atoms with Gasteiger partial charge >= 0.3 is 0 Å². The van der Waals surface area contributed by atoms with Crippen molar-refractivity contribution >= 4 is 11.3 Å². The maximum Gasteiger partial charge on any atom is 0.119 e. The van der Waals surface area contributed by atoms with E-state index < -0.39 is 6.10 Å². The van der Waals surface area contributed by atoms with Crippen molar-refractivity contribution in [3.05, 3.63) is 46.4 Å². The first-order valence-corrected chi connectivity index (χ1v) is 7.63. The molecule has 1 aromatic carbocycles. The summed E-state index contributed by atoms with van der Waals surface area (Å²) in [7, 11) is 0. The van der Waals surface area contributed by atoms with Crippen molar-refractivity contribution in [2.75, 3.05) is 13.2 Å². The third-order valence-corrected chi connectivity index (χ3v) is 3.72. The number of hydrogen-bond acceptors (Lipinski definition) is 5. The number of hydrogen-bond donors (Lipinski definition) is 2. The first-order chi connectivity index (χ1) is 9.78. The topological polar surface area (TPSA) is 54.4 Å². The minimum atomic E-state index is -0.520. The third kappa shape index (κ3) is 4.92. The molecule has 0 saturated heterocycles. The quantitative estimate of drug-likeness (QED) is 0.783. The number of aliphatic hydroxyl groups is 1. The van der Waals surface area contributed by atoms with Crippen LogP contribution >= 0.6 is 11.3 Å². The van der Waals surface area contributed by atoms with E-state index in [1.54, 1.807) is 16.8 Å². The monoisotopic (exact) mass is 292 g/mol. The van der Waals surface area contributed by atoms with Crippen molar-refractivity contribution in [3.8, 4) is 5.75 Å². The fourth-order valence-corrected chi connectivity index (χ4v) is 2.33. The Bertz CT molecular complexity index is 485. The number of ether oxygens (including phenoxy) is 1. The largest absolute Gasteiger partial charge is 0.491 e. The Labute approximate surface area is 123 Å². The van der Waals surface area contributed by atoms with Crippen LogP contribution in [0, 0.1) is 0 Å². The van der Waals surface area contributed by atoms with E-state index >= 15 is 0 Å². The van der Waals surface area contributed by atoms with Gasteiger partial charge in [0.2, 0.25) is 0 Å². The zero-order chi connectivity index (χ0) is 14.2. The molecule has 2 rings (SSSR count). The highest BCUT2D eigenvalue weighted by molar-refractivity contribution is 7.09. The smallest absolute Gasteiger partial charge is 0.119 e. The lowest BCUT2D eigenvalue weighted by Crippen LogP contribution is -2.30. The number of thiazole rings is 1. The summed E-state index contributed by atoms with van der Waals surface area (Å²) in [6.45, 7) is 3.65. The Morgan fingerprint density at radius 2 is 2.15 bits per heavy atom. The molecule has 1 aromatic heterocycles. The molecule has 2 N–H and O–H groups in total. The summed E-state index contributed by atoms with van der Waals surface area (Å²) < 4.78 is 5.56. The van der Waals surface area contributed by atoms with Gasteiger partial charge in [0, 0.05) is 24.2 Å². The van der Waals surface area contributed by atoms with Crippen LogP contribution in [0.3, 0.4) is 0 Å². The molecular weight excluding hydrogens is 272 g/mol. The first-order valence-electron chi connectivity index (χ1n) is 6.76. The summed E-state index contributed by atoms with van der Waals surface area (Å²) >= 11 is 1.60. The number of aryl methyl sites for hydroxylation is 1. The molecule has 2 aromatic rings. The van der Waals surface area contributed by atoms with Gasteiger partial charge in [0.15, 0.2) is 0 Å². The number of aliphatic hydroxyl groups excluding tert-OH is 1. The van der Waals surface area contributed by atoms with Crippen LogP contribution in [0.2, 0.25) is 0 Å². The standard InChI is InChI=1S/C15H20N2O2S/c1-2-12-3-5-14(6-4-12)19-10-13(18)7-16-8-15-9-17-11-20-15/h3-6,9,11,13,16,18H,2,7-8,10H2,1H3. The van der Waals surface area contributed by atoms with Crippen LogP contribution in [0.5, 0.6) is 5.75 Å². The summed E-state index contributed by atoms with van der Waals surface area (Å²) in [6, 6.07) is 7.97. The van der Waals surface area contributed by atoms with Crippen LogP contribution in [0.25, 0.3) is 0 Å². The lowest BCUT2D eigenvalue weighted by Gasteiger charge is -2.13. The Kier molecular flexibility index (Phi) is 5.98. The van der Waals surface area contributed by atoms with Crippen LogP contribution in [-0.2, 0) is 13.0 Å². The molecule has 20 heavy (non-hydrogen) atoms. The van der Waals surface area contributed by atoms with Gasteiger partial charge in [-0.1, -0.05) is 19.1 Å². The molecule has 1 unspecified atom stereocenters. The molecule has 5 heteroatoms. The van der Waals surface area contributed by atoms with Gasteiger partial charge in [0.1, 0.15) is 18.5 Å². The van der Waals surface area contributed by atoms with E-state index in [1.165, 1.54) is 5.56 Å². The number of nitrogens with one attached hydrogen (secondary N) is 1. The summed E-state index contributed by atoms with van der Waals surface area (Å²) in [6.07, 6.45) is 2.33. The van der Waals surface area contributed by atoms with Gasteiger partial charge in [-0.25, -0.2) is 0 Å². The predicted molar refractivity (Wildman–Crippen MR) is 81.1 cm³/mol. The molecule has 0 amide bonds. The zero-order valence-corrected chi connectivity index (χ0v) is 12.4. The van der Waals surface area contributed by atoms with Crippen LogP contribution in [0.15, 0.2) is 36.0 Å². The number of nitrogens with zero attached hydrogens (tertiary/aromatic N) is 1. The van der Waals surface area contributed by atoms with Crippen LogP contribution in [0.4, 0.5) is 0 Å². The van der Waals surface area contributed by atoms with Gasteiger partial charge in [-0.3, -0.25) is 4.98 Å². The van der Waals surface area contributed by atoms with E-state index in [2.05, 4.69) is 17.2 Å². The van der Waals surface area contributed by atoms with Crippen molar-refractivity contribution in [1.29, 1.82) is 0 Å². The summed E-state index contributed by atoms with van der Waals surface area (Å²) in [5, 5.41) is 13.0. The van der Waals surface area contributed by atoms with Gasteiger partial charge in [-0.05, 0) is 24.1 Å². The molecule has 108 valence electrons. The Balaban J connectivity index is 1.65. The molecule has 0 radical (unpaired) electrons. The van der Waals surface area contributed by atoms with Crippen molar-refractivity contribution in [2.24, 2.45) is 0 Å². The summed E-state index contributed by atoms with van der Waals surface area (Å²) in [5.74, 6) is 0.795. The maximum absolute atomic E-state index is 9.84. The van der Waals surface area contributed by atoms with E-state index in [-0.39, 0.29) is 0 Å². The first kappa shape index (κ1) is 15.0. The highest BCUT2D eigenvalue weighted by atomic mass is 32.1. The number of aromatic nitrogens is 1. The molecule has 0 fully saturated rings. The van der Waals surface area contributed by atoms with Crippen LogP contribution < -0.4 is 10.1 Å². The molecule has 0 aliphatic heterocycles. The fraction of sp³-hybridized carbons (Fsp3) is 0.400. The average molecular weight is 292 g/mol. The molecule has 0 aliphatic rings. The molecule has 0 aliphatic carbocycles. The predicted octanol–water partition coefficient (Wildman–Crippen LogP) is 2.24. The molecule has 1 atom stereocenters. The highest BCUT2D eigenvalue weighted by Gasteiger charge is 2.05. The second-order valence-corrected chi connectivity index (χ2v) is 5.53. The SMILES string of the molecule is CCc1ccc(OCC(O)CNCc2cncs2)cc1. The molecular formula is C15H20N2O2S. The van der Waals surface area contributed by atoms with Gasteiger partial charge < -0.3 is 15.2 Å². The van der Waals surface area contributed by atoms with E-state index in [9.17, 15) is 5.11 Å². The van der Waals surface area contributed by atoms with Gasteiger partial charge in [-0.2, -0.15) is 0 Å². The fourth-order valence-electron chi connectivity index (χ4n) is 1.76. The van der Waals surface area contributed by atoms with E-state index in [4.69, 9.17) is 4.74 Å². The second kappa shape index (κ2) is 7.99. The highest BCUT2D eigenvalue weighted by Crippen LogP contribution is 2.12. The van der Waals surface area contributed by atoms with Crippen molar-refractivity contribution < 1.29 is 9.84 Å². The molecule has 0 bridgehead atoms. The molecule has 0 spiro atoms. The molecule has 4 nitrogen and oxygen atoms in total. The Morgan fingerprint density at radius 3 is 2.80 bits per heavy atom. The zero-order valence-electron chi connectivity index (χ0n) is 11.6. The van der Waals surface area contributed by atoms with E-state index in [1.807, 2.05) is 30.5 Å². The minimum absolute atomic E-state index is 0.293. The third-order valence-electron chi connectivity index (χ3n) is 2.94. The van der Waals surface area contributed by atoms with Gasteiger partial charge in [0.05, 0.1) is 5.51 Å². The Morgan fingerprint density at radius 1 is 1.35 bits per heavy atom. The number of benzene rings is 1. The lowest BCUT2D eigenvalue weighted by molar-refractivity contribution is 0.106. The van der Waals surface area contributed by atoms with Crippen molar-refractivity contribution in [2.45, 2.75) is 26.0 Å². The van der Waals surface area contributed by atoms with Crippen molar-refractivity contribution in [1.82, 2.24) is 10.3 Å².